The van der Waals surface area contributed by atoms with Crippen LogP contribution in [0.4, 0.5) is 33.0 Å². The van der Waals surface area contributed by atoms with Crippen molar-refractivity contribution in [1.82, 2.24) is 68.6 Å². The number of benzene rings is 2. The number of hydrogen-bond donors (Lipinski definition) is 1. The van der Waals surface area contributed by atoms with Gasteiger partial charge in [-0.05, 0) is 167 Å². The SMILES string of the molecule is CC(C)(C)OC(=O)N1CC[C@H]2CN(Cc3cnc(Cl)nc3)C[C@H]21.Cc1nc2c(F)cc(-c3cc(Cc4ncc(CN5C[C@@H]6CCN(C(=O)OC(C)(C)C)[C@@H]6C5)cn4)ncc3F)cc2n1C(C)C.Cc1nc2c(F)cc(-c3cc(N)ncc3F)cc2n1C(C)C. The van der Waals surface area contributed by atoms with Gasteiger partial charge in [0.15, 0.2) is 11.6 Å². The van der Waals surface area contributed by atoms with E-state index in [9.17, 15) is 22.8 Å². The van der Waals surface area contributed by atoms with Gasteiger partial charge in [-0.15, -0.1) is 0 Å². The van der Waals surface area contributed by atoms with Gasteiger partial charge in [-0.1, -0.05) is 0 Å². The van der Waals surface area contributed by atoms with Crippen molar-refractivity contribution in [3.8, 4) is 22.3 Å². The molecule has 4 saturated heterocycles. The van der Waals surface area contributed by atoms with Crippen molar-refractivity contribution in [3.63, 3.8) is 0 Å². The molecule has 4 aliphatic rings. The predicted octanol–water partition coefficient (Wildman–Crippen LogP) is 12.5. The first-order chi connectivity index (χ1) is 42.1. The van der Waals surface area contributed by atoms with Crippen LogP contribution in [0.2, 0.25) is 5.28 Å². The molecule has 2 amide bonds. The molecule has 0 aliphatic carbocycles. The quantitative estimate of drug-likeness (QED) is 0.0999. The molecule has 0 spiro atoms. The van der Waals surface area contributed by atoms with E-state index in [0.717, 1.165) is 88.0 Å². The molecule has 24 heteroatoms. The number of carbonyl (C=O) groups is 2. The Balaban J connectivity index is 0.000000163. The number of imidazole rings is 2. The molecule has 0 saturated carbocycles. The number of pyridine rings is 2. The van der Waals surface area contributed by atoms with Crippen LogP contribution < -0.4 is 5.73 Å². The molecule has 0 bridgehead atoms. The Hall–Kier alpha value is -7.89. The number of anilines is 1. The summed E-state index contributed by atoms with van der Waals surface area (Å²) in [5.41, 5.74) is 10.4. The van der Waals surface area contributed by atoms with Crippen LogP contribution in [0.5, 0.6) is 0 Å². The lowest BCUT2D eigenvalue weighted by Crippen LogP contribution is -2.42. The number of amides is 2. The number of rotatable bonds is 10. The second kappa shape index (κ2) is 25.9. The number of fused-ring (bicyclic) bond motifs is 4. The van der Waals surface area contributed by atoms with E-state index in [4.69, 9.17) is 26.8 Å². The second-order valence-electron chi connectivity index (χ2n) is 26.2. The molecule has 0 radical (unpaired) electrons. The molecular weight excluding hydrogens is 1170 g/mol. The molecule has 89 heavy (non-hydrogen) atoms. The maximum atomic E-state index is 15.1. The predicted molar refractivity (Wildman–Crippen MR) is 333 cm³/mol. The van der Waals surface area contributed by atoms with E-state index in [0.29, 0.717) is 64.3 Å². The van der Waals surface area contributed by atoms with Crippen molar-refractivity contribution < 1.29 is 36.6 Å². The minimum atomic E-state index is -0.541. The Morgan fingerprint density at radius 1 is 0.584 bits per heavy atom. The fraction of sp³-hybridized carbons (Fsp3) is 0.477. The van der Waals surface area contributed by atoms with Gasteiger partial charge in [0, 0.05) is 117 Å². The highest BCUT2D eigenvalue weighted by molar-refractivity contribution is 6.28. The third kappa shape index (κ3) is 14.7. The van der Waals surface area contributed by atoms with Gasteiger partial charge in [0.1, 0.15) is 57.2 Å². The zero-order valence-electron chi connectivity index (χ0n) is 52.5. The van der Waals surface area contributed by atoms with E-state index >= 15 is 4.39 Å². The number of ether oxygens (including phenoxy) is 2. The highest BCUT2D eigenvalue weighted by atomic mass is 35.5. The molecule has 6 aromatic heterocycles. The molecule has 19 nitrogen and oxygen atoms in total. The van der Waals surface area contributed by atoms with E-state index in [1.54, 1.807) is 30.6 Å². The summed E-state index contributed by atoms with van der Waals surface area (Å²) in [6.45, 7) is 29.6. The molecule has 4 atom stereocenters. The van der Waals surface area contributed by atoms with Crippen LogP contribution in [0.25, 0.3) is 44.3 Å². The number of nitrogens with two attached hydrogens (primary N) is 1. The van der Waals surface area contributed by atoms with Crippen molar-refractivity contribution in [2.75, 3.05) is 45.0 Å². The van der Waals surface area contributed by atoms with Crippen LogP contribution >= 0.6 is 11.6 Å². The first-order valence-corrected chi connectivity index (χ1v) is 30.6. The summed E-state index contributed by atoms with van der Waals surface area (Å²) in [4.78, 5) is 67.3. The number of carbonyl (C=O) groups excluding carboxylic acids is 2. The van der Waals surface area contributed by atoms with Gasteiger partial charge in [0.05, 0.1) is 41.9 Å². The Labute approximate surface area is 521 Å². The highest BCUT2D eigenvalue weighted by Gasteiger charge is 2.46. The summed E-state index contributed by atoms with van der Waals surface area (Å²) >= 11 is 5.72. The van der Waals surface area contributed by atoms with Gasteiger partial charge >= 0.3 is 12.2 Å². The number of likely N-dealkylation sites (tertiary alicyclic amines) is 4. The van der Waals surface area contributed by atoms with Gasteiger partial charge in [-0.25, -0.2) is 62.0 Å². The van der Waals surface area contributed by atoms with E-state index in [-0.39, 0.29) is 69.6 Å². The van der Waals surface area contributed by atoms with E-state index in [1.807, 2.05) is 114 Å². The molecular formula is C65H78ClF4N15O4. The zero-order chi connectivity index (χ0) is 64.0. The average molecular weight is 1240 g/mol. The Bertz CT molecular complexity index is 3890. The standard InChI is InChI=1S/C33H39F2N7O2.C16H23ClN4O2.C16H16F2N4/c1-19(2)42-20(3)39-31-26(34)9-23(10-28(31)42)25-11-24(36-15-27(25)35)12-30-37-13-21(14-38-30)16-40-17-22-7-8-41(29(22)18-40)32(43)44-33(4,5)6;1-16(2,3)23-15(22)21-5-4-12-9-20(10-13(12)21)8-11-6-18-14(17)19-7-11;1-8(2)22-9(3)21-16-12(17)4-10(5-14(16)22)11-6-15(19)20-7-13(11)18/h9-11,13-15,19,22,29H,7-8,12,16-18H2,1-6H3;6-7,12-13H,4-5,8-10H2,1-3H3;4-8H,1-3H3,(H2,19,20)/t22-,29+;12-,13+;/m00./s1. The third-order valence-corrected chi connectivity index (χ3v) is 16.6. The van der Waals surface area contributed by atoms with Crippen molar-refractivity contribution in [3.05, 3.63) is 136 Å². The largest absolute Gasteiger partial charge is 0.444 e. The van der Waals surface area contributed by atoms with Crippen LogP contribution in [0, 0.1) is 49.0 Å². The van der Waals surface area contributed by atoms with Gasteiger partial charge in [0.25, 0.3) is 0 Å². The fourth-order valence-electron chi connectivity index (χ4n) is 12.7. The number of hydrogen-bond acceptors (Lipinski definition) is 15. The smallest absolute Gasteiger partial charge is 0.410 e. The third-order valence-electron chi connectivity index (χ3n) is 16.4. The van der Waals surface area contributed by atoms with Crippen LogP contribution in [0.3, 0.4) is 0 Å². The van der Waals surface area contributed by atoms with Gasteiger partial charge in [-0.3, -0.25) is 14.8 Å². The lowest BCUT2D eigenvalue weighted by molar-refractivity contribution is 0.0206. The summed E-state index contributed by atoms with van der Waals surface area (Å²) in [7, 11) is 0. The summed E-state index contributed by atoms with van der Waals surface area (Å²) in [6.07, 6.45) is 11.2. The summed E-state index contributed by atoms with van der Waals surface area (Å²) < 4.78 is 73.4. The van der Waals surface area contributed by atoms with Gasteiger partial charge in [-0.2, -0.15) is 0 Å². The fourth-order valence-corrected chi connectivity index (χ4v) is 12.8. The maximum Gasteiger partial charge on any atom is 0.410 e. The summed E-state index contributed by atoms with van der Waals surface area (Å²) in [5, 5.41) is 0.267. The lowest BCUT2D eigenvalue weighted by Gasteiger charge is -2.28. The Morgan fingerprint density at radius 3 is 1.45 bits per heavy atom. The molecule has 0 unspecified atom stereocenters. The topological polar surface area (TPSA) is 205 Å². The Kier molecular flexibility index (Phi) is 18.7. The molecule has 4 fully saturated rings. The van der Waals surface area contributed by atoms with Crippen LogP contribution in [0.1, 0.15) is 128 Å². The molecule has 2 N–H and O–H groups in total. The molecule has 10 heterocycles. The second-order valence-corrected chi connectivity index (χ2v) is 26.5. The summed E-state index contributed by atoms with van der Waals surface area (Å²) in [5.74, 6) is 1.08. The number of aryl methyl sites for hydroxylation is 2. The number of nitrogens with zero attached hydrogens (tertiary/aromatic N) is 14. The zero-order valence-corrected chi connectivity index (χ0v) is 53.3. The average Bonchev–Trinajstić information content (AvgIpc) is 2.49. The number of aromatic nitrogens is 10. The van der Waals surface area contributed by atoms with Crippen LogP contribution in [-0.2, 0) is 29.0 Å². The van der Waals surface area contributed by atoms with Crippen molar-refractivity contribution in [2.24, 2.45) is 11.8 Å². The monoisotopic (exact) mass is 1240 g/mol. The van der Waals surface area contributed by atoms with E-state index in [1.165, 1.54) is 18.2 Å². The number of nitrogen functional groups attached to an aromatic ring is 1. The summed E-state index contributed by atoms with van der Waals surface area (Å²) in [6, 6.07) is 9.75. The van der Waals surface area contributed by atoms with Crippen molar-refractivity contribution in [1.29, 1.82) is 0 Å². The maximum absolute atomic E-state index is 15.1. The molecule has 12 rings (SSSR count). The van der Waals surface area contributed by atoms with Crippen LogP contribution in [-0.4, -0.2) is 143 Å². The first kappa shape index (κ1) is 64.1. The van der Waals surface area contributed by atoms with Crippen molar-refractivity contribution in [2.45, 2.75) is 151 Å². The van der Waals surface area contributed by atoms with E-state index < -0.39 is 34.5 Å². The van der Waals surface area contributed by atoms with Gasteiger partial charge < -0.3 is 34.1 Å². The minimum Gasteiger partial charge on any atom is -0.444 e. The lowest BCUT2D eigenvalue weighted by atomic mass is 10.0. The molecule has 8 aromatic rings. The van der Waals surface area contributed by atoms with Gasteiger partial charge in [0.2, 0.25) is 5.28 Å². The first-order valence-electron chi connectivity index (χ1n) is 30.2. The molecule has 472 valence electrons. The van der Waals surface area contributed by atoms with Crippen LogP contribution in [0.15, 0.2) is 73.6 Å². The number of halogens is 5. The minimum absolute atomic E-state index is 0.0738. The van der Waals surface area contributed by atoms with Crippen molar-refractivity contribution >= 4 is 51.7 Å². The Morgan fingerprint density at radius 2 is 1.01 bits per heavy atom. The normalized spacial score (nSPS) is 18.6. The van der Waals surface area contributed by atoms with E-state index in [2.05, 4.69) is 49.7 Å². The highest BCUT2D eigenvalue weighted by Crippen LogP contribution is 2.37. The molecule has 2 aromatic carbocycles. The molecule has 4 aliphatic heterocycles.